The van der Waals surface area contributed by atoms with E-state index in [2.05, 4.69) is 20.9 Å². The molecule has 1 aromatic heterocycles. The second-order valence-corrected chi connectivity index (χ2v) is 10.2. The molecule has 6 nitrogen and oxygen atoms in total. The van der Waals surface area contributed by atoms with Crippen LogP contribution in [-0.4, -0.2) is 54.7 Å². The highest BCUT2D eigenvalue weighted by atomic mass is 79.9. The number of hydrogen-bond donors (Lipinski definition) is 1. The van der Waals surface area contributed by atoms with Crippen LogP contribution in [0, 0.1) is 0 Å². The molecule has 1 N–H and O–H groups in total. The van der Waals surface area contributed by atoms with Gasteiger partial charge in [-0.2, -0.15) is 4.31 Å². The van der Waals surface area contributed by atoms with Crippen molar-refractivity contribution < 1.29 is 13.2 Å². The SMILES string of the molecule is O=C(CCc1ccccc1)N1CCCN(S(=O)(=O)c2c[nH]c3c(Br)cccc23)CC1. The van der Waals surface area contributed by atoms with E-state index in [9.17, 15) is 13.2 Å². The van der Waals surface area contributed by atoms with Crippen LogP contribution >= 0.6 is 15.9 Å². The van der Waals surface area contributed by atoms with Gasteiger partial charge in [0.25, 0.3) is 0 Å². The molecule has 3 aromatic rings. The Kier molecular flexibility index (Phi) is 6.26. The van der Waals surface area contributed by atoms with Gasteiger partial charge in [0.05, 0.1) is 5.52 Å². The number of nitrogens with one attached hydrogen (secondary N) is 1. The van der Waals surface area contributed by atoms with Crippen LogP contribution in [-0.2, 0) is 21.2 Å². The van der Waals surface area contributed by atoms with Crippen molar-refractivity contribution in [3.05, 3.63) is 64.8 Å². The number of nitrogens with zero attached hydrogens (tertiary/aromatic N) is 2. The lowest BCUT2D eigenvalue weighted by molar-refractivity contribution is -0.131. The molecule has 1 saturated heterocycles. The van der Waals surface area contributed by atoms with Crippen molar-refractivity contribution in [1.82, 2.24) is 14.2 Å². The fourth-order valence-electron chi connectivity index (χ4n) is 3.88. The van der Waals surface area contributed by atoms with E-state index in [0.29, 0.717) is 50.8 Å². The van der Waals surface area contributed by atoms with Gasteiger partial charge in [0.1, 0.15) is 4.90 Å². The zero-order valence-electron chi connectivity index (χ0n) is 16.6. The molecule has 1 aliphatic rings. The second kappa shape index (κ2) is 8.91. The number of aryl methyl sites for hydroxylation is 1. The van der Waals surface area contributed by atoms with Crippen LogP contribution in [0.1, 0.15) is 18.4 Å². The summed E-state index contributed by atoms with van der Waals surface area (Å²) in [7, 11) is -3.65. The summed E-state index contributed by atoms with van der Waals surface area (Å²) in [5.74, 6) is 0.0779. The Morgan fingerprint density at radius 2 is 1.80 bits per heavy atom. The number of aromatic nitrogens is 1. The number of aromatic amines is 1. The van der Waals surface area contributed by atoms with Crippen LogP contribution in [0.3, 0.4) is 0 Å². The zero-order valence-corrected chi connectivity index (χ0v) is 19.0. The van der Waals surface area contributed by atoms with Gasteiger partial charge in [0.15, 0.2) is 0 Å². The first kappa shape index (κ1) is 21.1. The van der Waals surface area contributed by atoms with Crippen molar-refractivity contribution in [2.45, 2.75) is 24.2 Å². The van der Waals surface area contributed by atoms with Gasteiger partial charge < -0.3 is 9.88 Å². The van der Waals surface area contributed by atoms with Gasteiger partial charge in [-0.05, 0) is 40.4 Å². The van der Waals surface area contributed by atoms with E-state index < -0.39 is 10.0 Å². The first-order chi connectivity index (χ1) is 14.5. The highest BCUT2D eigenvalue weighted by molar-refractivity contribution is 9.10. The van der Waals surface area contributed by atoms with Gasteiger partial charge in [-0.25, -0.2) is 8.42 Å². The minimum absolute atomic E-state index is 0.0779. The summed E-state index contributed by atoms with van der Waals surface area (Å²) < 4.78 is 28.9. The molecule has 0 radical (unpaired) electrons. The maximum atomic E-state index is 13.3. The van der Waals surface area contributed by atoms with Gasteiger partial charge in [-0.1, -0.05) is 42.5 Å². The number of amides is 1. The quantitative estimate of drug-likeness (QED) is 0.592. The van der Waals surface area contributed by atoms with E-state index in [0.717, 1.165) is 15.6 Å². The number of rotatable bonds is 5. The molecule has 1 fully saturated rings. The van der Waals surface area contributed by atoms with E-state index in [-0.39, 0.29) is 10.8 Å². The molecule has 0 spiro atoms. The lowest BCUT2D eigenvalue weighted by Crippen LogP contribution is -2.37. The number of carbonyl (C=O) groups is 1. The number of hydrogen-bond acceptors (Lipinski definition) is 3. The Morgan fingerprint density at radius 3 is 2.60 bits per heavy atom. The largest absolute Gasteiger partial charge is 0.359 e. The molecule has 0 bridgehead atoms. The number of sulfonamides is 1. The maximum absolute atomic E-state index is 13.3. The van der Waals surface area contributed by atoms with E-state index >= 15 is 0 Å². The normalized spacial score (nSPS) is 16.0. The van der Waals surface area contributed by atoms with E-state index in [1.54, 1.807) is 17.2 Å². The van der Waals surface area contributed by atoms with Crippen molar-refractivity contribution in [3.8, 4) is 0 Å². The van der Waals surface area contributed by atoms with Crippen molar-refractivity contribution in [3.63, 3.8) is 0 Å². The summed E-state index contributed by atoms with van der Waals surface area (Å²) in [6.07, 6.45) is 3.32. The molecule has 2 heterocycles. The molecule has 1 amide bonds. The number of para-hydroxylation sites is 1. The molecular formula is C22H24BrN3O3S. The molecular weight excluding hydrogens is 466 g/mol. The Morgan fingerprint density at radius 1 is 1.00 bits per heavy atom. The summed E-state index contributed by atoms with van der Waals surface area (Å²) in [5, 5.41) is 0.671. The van der Waals surface area contributed by atoms with Crippen LogP contribution in [0.2, 0.25) is 0 Å². The first-order valence-corrected chi connectivity index (χ1v) is 12.3. The van der Waals surface area contributed by atoms with Crippen LogP contribution in [0.4, 0.5) is 0 Å². The lowest BCUT2D eigenvalue weighted by Gasteiger charge is -2.22. The van der Waals surface area contributed by atoms with Gasteiger partial charge in [-0.15, -0.1) is 0 Å². The van der Waals surface area contributed by atoms with Gasteiger partial charge in [-0.3, -0.25) is 4.79 Å². The fourth-order valence-corrected chi connectivity index (χ4v) is 5.99. The van der Waals surface area contributed by atoms with Gasteiger partial charge in [0.2, 0.25) is 15.9 Å². The minimum Gasteiger partial charge on any atom is -0.359 e. The number of halogens is 1. The van der Waals surface area contributed by atoms with Gasteiger partial charge >= 0.3 is 0 Å². The van der Waals surface area contributed by atoms with Crippen LogP contribution in [0.5, 0.6) is 0 Å². The summed E-state index contributed by atoms with van der Waals surface area (Å²) in [6.45, 7) is 1.71. The average Bonchev–Trinajstić information content (AvgIpc) is 3.04. The van der Waals surface area contributed by atoms with Crippen molar-refractivity contribution in [2.75, 3.05) is 26.2 Å². The maximum Gasteiger partial charge on any atom is 0.245 e. The van der Waals surface area contributed by atoms with Crippen LogP contribution < -0.4 is 0 Å². The predicted molar refractivity (Wildman–Crippen MR) is 121 cm³/mol. The van der Waals surface area contributed by atoms with Crippen molar-refractivity contribution in [2.24, 2.45) is 0 Å². The second-order valence-electron chi connectivity index (χ2n) is 7.44. The van der Waals surface area contributed by atoms with Crippen molar-refractivity contribution in [1.29, 1.82) is 0 Å². The Bertz CT molecular complexity index is 1140. The summed E-state index contributed by atoms with van der Waals surface area (Å²) in [5.41, 5.74) is 1.90. The Labute approximate surface area is 185 Å². The topological polar surface area (TPSA) is 73.5 Å². The third kappa shape index (κ3) is 4.31. The highest BCUT2D eigenvalue weighted by Crippen LogP contribution is 2.30. The smallest absolute Gasteiger partial charge is 0.245 e. The standard InChI is InChI=1S/C22H24BrN3O3S/c23-19-9-4-8-18-20(16-24-22(18)19)30(28,29)26-13-5-12-25(14-15-26)21(27)11-10-17-6-2-1-3-7-17/h1-4,6-9,16,24H,5,10-15H2. The molecule has 0 saturated carbocycles. The first-order valence-electron chi connectivity index (χ1n) is 10.0. The Hall–Kier alpha value is -2.16. The summed E-state index contributed by atoms with van der Waals surface area (Å²) >= 11 is 3.46. The minimum atomic E-state index is -3.65. The van der Waals surface area contributed by atoms with E-state index in [1.165, 1.54) is 4.31 Å². The average molecular weight is 490 g/mol. The third-order valence-corrected chi connectivity index (χ3v) is 8.12. The van der Waals surface area contributed by atoms with Gasteiger partial charge in [0, 0.05) is 48.7 Å². The number of carbonyl (C=O) groups excluding carboxylic acids is 1. The molecule has 2 aromatic carbocycles. The predicted octanol–water partition coefficient (Wildman–Crippen LogP) is 3.79. The van der Waals surface area contributed by atoms with Crippen LogP contribution in [0.15, 0.2) is 64.1 Å². The fraction of sp³-hybridized carbons (Fsp3) is 0.318. The third-order valence-electron chi connectivity index (χ3n) is 5.52. The van der Waals surface area contributed by atoms with E-state index in [4.69, 9.17) is 0 Å². The summed E-state index contributed by atoms with van der Waals surface area (Å²) in [4.78, 5) is 17.8. The van der Waals surface area contributed by atoms with Crippen LogP contribution in [0.25, 0.3) is 10.9 Å². The Balaban J connectivity index is 1.44. The molecule has 30 heavy (non-hydrogen) atoms. The number of fused-ring (bicyclic) bond motifs is 1. The molecule has 8 heteroatoms. The lowest BCUT2D eigenvalue weighted by atomic mass is 10.1. The summed E-state index contributed by atoms with van der Waals surface area (Å²) in [6, 6.07) is 15.4. The highest BCUT2D eigenvalue weighted by Gasteiger charge is 2.30. The molecule has 4 rings (SSSR count). The molecule has 0 aliphatic carbocycles. The molecule has 0 atom stereocenters. The van der Waals surface area contributed by atoms with E-state index in [1.807, 2.05) is 42.5 Å². The van der Waals surface area contributed by atoms with Crippen molar-refractivity contribution >= 4 is 42.8 Å². The molecule has 1 aliphatic heterocycles. The zero-order chi connectivity index (χ0) is 21.1. The number of H-pyrrole nitrogens is 1. The molecule has 0 unspecified atom stereocenters. The monoisotopic (exact) mass is 489 g/mol. The molecule has 158 valence electrons. The number of benzene rings is 2.